The van der Waals surface area contributed by atoms with E-state index in [1.165, 1.54) is 51.0 Å². The third-order valence-corrected chi connectivity index (χ3v) is 13.8. The first-order valence-electron chi connectivity index (χ1n) is 9.85. The van der Waals surface area contributed by atoms with Gasteiger partial charge < -0.3 is 24.8 Å². The summed E-state index contributed by atoms with van der Waals surface area (Å²) in [6.45, 7) is 0. The first kappa shape index (κ1) is 23.3. The molecule has 4 aromatic rings. The SMILES string of the molecule is Cn1c2c(c3ccccc31)-c1c(cc(Br)c[c]1[Zr+2](=[S])[c]1cccc3c1C=CC3)C2.[Cl-].[Cl-]. The Morgan fingerprint density at radius 3 is 2.58 bits per heavy atom. The van der Waals surface area contributed by atoms with E-state index in [0.717, 1.165) is 17.3 Å². The van der Waals surface area contributed by atoms with Gasteiger partial charge in [-0.1, -0.05) is 0 Å². The van der Waals surface area contributed by atoms with Crippen LogP contribution in [0.5, 0.6) is 0 Å². The van der Waals surface area contributed by atoms with Crippen LogP contribution in [0.2, 0.25) is 0 Å². The van der Waals surface area contributed by atoms with Crippen LogP contribution in [-0.2, 0) is 39.6 Å². The molecule has 0 radical (unpaired) electrons. The van der Waals surface area contributed by atoms with E-state index in [-0.39, 0.29) is 24.8 Å². The molecule has 2 aliphatic carbocycles. The Hall–Kier alpha value is -0.897. The molecule has 31 heavy (non-hydrogen) atoms. The van der Waals surface area contributed by atoms with Crippen LogP contribution >= 0.6 is 24.8 Å². The molecule has 0 fully saturated rings. The number of nitrogens with zero attached hydrogens (tertiary/aromatic N) is 1. The zero-order valence-corrected chi connectivity index (χ0v) is 23.1. The molecular formula is C25H18BrCl2NSZr. The number of benzene rings is 3. The van der Waals surface area contributed by atoms with Crippen LogP contribution in [0.1, 0.15) is 22.4 Å². The van der Waals surface area contributed by atoms with Crippen molar-refractivity contribution in [1.29, 1.82) is 0 Å². The molecule has 1 aromatic heterocycles. The zero-order chi connectivity index (χ0) is 19.7. The number of hydrogen-bond donors (Lipinski definition) is 0. The largest absolute Gasteiger partial charge is 1.00 e. The normalized spacial score (nSPS) is 12.4. The van der Waals surface area contributed by atoms with Crippen LogP contribution in [-0.4, -0.2) is 4.57 Å². The van der Waals surface area contributed by atoms with Crippen LogP contribution in [0.3, 0.4) is 0 Å². The number of hydrogen-bond acceptors (Lipinski definition) is 1. The fraction of sp³-hybridized carbons (Fsp3) is 0.120. The van der Waals surface area contributed by atoms with E-state index in [2.05, 4.69) is 94.3 Å². The number of aromatic nitrogens is 1. The molecule has 6 rings (SSSR count). The van der Waals surface area contributed by atoms with Gasteiger partial charge in [-0.05, 0) is 0 Å². The van der Waals surface area contributed by atoms with Gasteiger partial charge in [-0.3, -0.25) is 0 Å². The van der Waals surface area contributed by atoms with E-state index in [1.807, 2.05) is 0 Å². The molecule has 1 nitrogen and oxygen atoms in total. The number of rotatable bonds is 2. The van der Waals surface area contributed by atoms with Crippen LogP contribution in [0.25, 0.3) is 28.1 Å². The summed E-state index contributed by atoms with van der Waals surface area (Å²) >= 11 is 1.31. The van der Waals surface area contributed by atoms with Crippen molar-refractivity contribution < 1.29 is 44.5 Å². The number of aryl methyl sites for hydroxylation is 1. The van der Waals surface area contributed by atoms with E-state index >= 15 is 0 Å². The van der Waals surface area contributed by atoms with E-state index in [1.54, 1.807) is 0 Å². The van der Waals surface area contributed by atoms with Gasteiger partial charge >= 0.3 is 191 Å². The van der Waals surface area contributed by atoms with E-state index in [0.29, 0.717) is 0 Å². The molecule has 0 N–H and O–H groups in total. The molecule has 0 bridgehead atoms. The molecule has 0 atom stereocenters. The molecule has 0 spiro atoms. The monoisotopic (exact) mass is 603 g/mol. The van der Waals surface area contributed by atoms with Crippen molar-refractivity contribution in [2.75, 3.05) is 0 Å². The van der Waals surface area contributed by atoms with Gasteiger partial charge in [0.2, 0.25) is 0 Å². The van der Waals surface area contributed by atoms with Crippen LogP contribution < -0.4 is 31.4 Å². The van der Waals surface area contributed by atoms with Gasteiger partial charge in [-0.25, -0.2) is 0 Å². The van der Waals surface area contributed by atoms with Crippen LogP contribution in [0, 0.1) is 0 Å². The molecule has 1 heterocycles. The van der Waals surface area contributed by atoms with E-state index in [4.69, 9.17) is 8.86 Å². The van der Waals surface area contributed by atoms with Crippen molar-refractivity contribution in [3.8, 4) is 11.1 Å². The quantitative estimate of drug-likeness (QED) is 0.269. The summed E-state index contributed by atoms with van der Waals surface area (Å²) in [5.41, 5.74) is 9.85. The summed E-state index contributed by atoms with van der Waals surface area (Å²) in [7, 11) is 8.60. The van der Waals surface area contributed by atoms with Gasteiger partial charge in [-0.2, -0.15) is 0 Å². The van der Waals surface area contributed by atoms with Crippen molar-refractivity contribution >= 4 is 48.3 Å². The number of halogens is 3. The fourth-order valence-electron chi connectivity index (χ4n) is 5.02. The first-order valence-corrected chi connectivity index (χ1v) is 16.5. The second-order valence-corrected chi connectivity index (χ2v) is 15.5. The van der Waals surface area contributed by atoms with Crippen molar-refractivity contribution in [2.24, 2.45) is 7.05 Å². The molecule has 6 heteroatoms. The minimum Gasteiger partial charge on any atom is -1.00 e. The van der Waals surface area contributed by atoms with Gasteiger partial charge in [0, 0.05) is 0 Å². The maximum absolute atomic E-state index is 6.41. The summed E-state index contributed by atoms with van der Waals surface area (Å²) in [4.78, 5) is 0. The van der Waals surface area contributed by atoms with Crippen LogP contribution in [0.15, 0.2) is 65.1 Å². The molecule has 3 aromatic carbocycles. The second kappa shape index (κ2) is 8.80. The van der Waals surface area contributed by atoms with Gasteiger partial charge in [0.25, 0.3) is 0 Å². The number of fused-ring (bicyclic) bond motifs is 6. The minimum absolute atomic E-state index is 0. The predicted molar refractivity (Wildman–Crippen MR) is 125 cm³/mol. The summed E-state index contributed by atoms with van der Waals surface area (Å²) in [5.74, 6) is 0. The molecule has 0 saturated heterocycles. The van der Waals surface area contributed by atoms with Gasteiger partial charge in [0.05, 0.1) is 0 Å². The standard InChI is InChI=1S/C16H11BrN.C9H7.2ClH.S.Zr/c1-18-14-5-3-2-4-13(14)16-12-7-6-11(17)8-10(12)9-15(16)18;1-2-5-9-7-3-6-8(9)4-1;;;;/h2-6,8H,9H2,1H3;1-4,7H,6H2;2*1H;;/q;;;;;+2/p-2. The smallest absolute Gasteiger partial charge is 1.00 e. The summed E-state index contributed by atoms with van der Waals surface area (Å²) in [6.07, 6.45) is 6.59. The Labute approximate surface area is 214 Å². The Balaban J connectivity index is 0.00000116. The van der Waals surface area contributed by atoms with E-state index < -0.39 is 19.7 Å². The molecule has 0 unspecified atom stereocenters. The Morgan fingerprint density at radius 1 is 0.935 bits per heavy atom. The van der Waals surface area contributed by atoms with Gasteiger partial charge in [0.1, 0.15) is 0 Å². The minimum atomic E-state index is -2.48. The molecule has 0 aliphatic heterocycles. The first-order chi connectivity index (χ1) is 14.1. The summed E-state index contributed by atoms with van der Waals surface area (Å²) in [5, 5.41) is 1.36. The van der Waals surface area contributed by atoms with Crippen molar-refractivity contribution in [3.63, 3.8) is 0 Å². The van der Waals surface area contributed by atoms with Crippen LogP contribution in [0.4, 0.5) is 0 Å². The Morgan fingerprint density at radius 2 is 1.74 bits per heavy atom. The molecular weight excluding hydrogens is 588 g/mol. The van der Waals surface area contributed by atoms with Crippen molar-refractivity contribution in [2.45, 2.75) is 12.8 Å². The molecule has 154 valence electrons. The Bertz CT molecular complexity index is 1410. The second-order valence-electron chi connectivity index (χ2n) is 7.88. The fourth-order valence-corrected chi connectivity index (χ4v) is 12.5. The third-order valence-electron chi connectivity index (χ3n) is 6.33. The maximum Gasteiger partial charge on any atom is -1.00 e. The molecule has 2 aliphatic rings. The average molecular weight is 607 g/mol. The number of allylic oxidation sites excluding steroid dienone is 1. The topological polar surface area (TPSA) is 4.93 Å². The van der Waals surface area contributed by atoms with Crippen molar-refractivity contribution in [1.82, 2.24) is 4.57 Å². The van der Waals surface area contributed by atoms with Crippen molar-refractivity contribution in [3.05, 3.63) is 87.5 Å². The zero-order valence-electron chi connectivity index (χ0n) is 16.8. The molecule has 0 amide bonds. The molecule has 0 saturated carbocycles. The maximum atomic E-state index is 6.41. The third kappa shape index (κ3) is 3.50. The summed E-state index contributed by atoms with van der Waals surface area (Å²) < 4.78 is 6.42. The van der Waals surface area contributed by atoms with Gasteiger partial charge in [-0.15, -0.1) is 0 Å². The Kier molecular flexibility index (Phi) is 6.61. The average Bonchev–Trinajstić information content (AvgIpc) is 3.42. The predicted octanol–water partition coefficient (Wildman–Crippen LogP) is -0.229. The van der Waals surface area contributed by atoms with Gasteiger partial charge in [0.15, 0.2) is 0 Å². The number of para-hydroxylation sites is 1. The summed E-state index contributed by atoms with van der Waals surface area (Å²) in [6, 6.07) is 20.2. The van der Waals surface area contributed by atoms with E-state index in [9.17, 15) is 0 Å².